The summed E-state index contributed by atoms with van der Waals surface area (Å²) in [5.41, 5.74) is 1.93. The number of carbonyl (C=O) groups is 1. The minimum Gasteiger partial charge on any atom is -0.354 e. The minimum absolute atomic E-state index is 0.0522. The SMILES string of the molecule is CC(C)C(N=C1NS(=O)(=O)c2ccccc21)C(=O)NCCC1=CCCCC1. The van der Waals surface area contributed by atoms with E-state index in [0.717, 1.165) is 19.3 Å². The van der Waals surface area contributed by atoms with Gasteiger partial charge in [-0.2, -0.15) is 0 Å². The molecule has 0 fully saturated rings. The summed E-state index contributed by atoms with van der Waals surface area (Å²) < 4.78 is 26.9. The molecule has 1 heterocycles. The lowest BCUT2D eigenvalue weighted by Crippen LogP contribution is -2.39. The van der Waals surface area contributed by atoms with Crippen LogP contribution in [0.3, 0.4) is 0 Å². The van der Waals surface area contributed by atoms with Crippen LogP contribution in [0, 0.1) is 5.92 Å². The average Bonchev–Trinajstić information content (AvgIpc) is 2.91. The molecular weight excluding hydrogens is 362 g/mol. The Morgan fingerprint density at radius 2 is 2.04 bits per heavy atom. The first-order valence-electron chi connectivity index (χ1n) is 9.54. The number of amides is 1. The van der Waals surface area contributed by atoms with E-state index in [1.807, 2.05) is 13.8 Å². The van der Waals surface area contributed by atoms with E-state index in [9.17, 15) is 13.2 Å². The van der Waals surface area contributed by atoms with Crippen LogP contribution in [0.5, 0.6) is 0 Å². The van der Waals surface area contributed by atoms with Gasteiger partial charge in [-0.3, -0.25) is 14.5 Å². The third kappa shape index (κ3) is 4.58. The summed E-state index contributed by atoms with van der Waals surface area (Å²) in [7, 11) is -3.60. The standard InChI is InChI=1S/C20H27N3O3S/c1-14(2)18(20(24)21-13-12-15-8-4-3-5-9-15)22-19-16-10-6-7-11-17(16)27(25,26)23-19/h6-8,10-11,14,18H,3-5,9,12-13H2,1-2H3,(H,21,24)(H,22,23). The van der Waals surface area contributed by atoms with Crippen molar-refractivity contribution in [1.29, 1.82) is 0 Å². The lowest BCUT2D eigenvalue weighted by Gasteiger charge is -2.18. The summed E-state index contributed by atoms with van der Waals surface area (Å²) in [5, 5.41) is 2.97. The molecule has 0 aromatic heterocycles. The minimum atomic E-state index is -3.60. The van der Waals surface area contributed by atoms with Crippen molar-refractivity contribution in [3.05, 3.63) is 41.5 Å². The van der Waals surface area contributed by atoms with Crippen molar-refractivity contribution >= 4 is 21.8 Å². The Kier molecular flexibility index (Phi) is 5.99. The second-order valence-corrected chi connectivity index (χ2v) is 9.07. The number of carbonyl (C=O) groups excluding carboxylic acids is 1. The molecule has 1 aliphatic heterocycles. The number of nitrogens with one attached hydrogen (secondary N) is 2. The Hall–Kier alpha value is -2.15. The number of amidine groups is 1. The molecule has 1 atom stereocenters. The zero-order valence-electron chi connectivity index (χ0n) is 15.9. The van der Waals surface area contributed by atoms with Crippen molar-refractivity contribution in [2.75, 3.05) is 6.54 Å². The van der Waals surface area contributed by atoms with Gasteiger partial charge in [0.15, 0.2) is 0 Å². The predicted molar refractivity (Wildman–Crippen MR) is 106 cm³/mol. The van der Waals surface area contributed by atoms with E-state index in [1.165, 1.54) is 18.4 Å². The molecular formula is C20H27N3O3S. The van der Waals surface area contributed by atoms with Crippen molar-refractivity contribution in [3.8, 4) is 0 Å². The van der Waals surface area contributed by atoms with Gasteiger partial charge in [0.05, 0.1) is 4.90 Å². The normalized spacial score (nSPS) is 20.7. The summed E-state index contributed by atoms with van der Waals surface area (Å²) in [4.78, 5) is 17.4. The zero-order chi connectivity index (χ0) is 19.4. The molecule has 7 heteroatoms. The topological polar surface area (TPSA) is 87.6 Å². The molecule has 0 saturated carbocycles. The maximum atomic E-state index is 12.7. The van der Waals surface area contributed by atoms with Gasteiger partial charge >= 0.3 is 0 Å². The van der Waals surface area contributed by atoms with Gasteiger partial charge in [-0.1, -0.05) is 37.6 Å². The van der Waals surface area contributed by atoms with Crippen LogP contribution in [0.2, 0.25) is 0 Å². The summed E-state index contributed by atoms with van der Waals surface area (Å²) in [5.74, 6) is 0.0237. The number of fused-ring (bicyclic) bond motifs is 1. The molecule has 146 valence electrons. The molecule has 27 heavy (non-hydrogen) atoms. The van der Waals surface area contributed by atoms with Crippen LogP contribution >= 0.6 is 0 Å². The summed E-state index contributed by atoms with van der Waals surface area (Å²) in [6.45, 7) is 4.40. The number of aliphatic imine (C=N–C) groups is 1. The second kappa shape index (κ2) is 8.25. The number of sulfonamides is 1. The third-order valence-electron chi connectivity index (χ3n) is 4.96. The first kappa shape index (κ1) is 19.6. The number of hydrogen-bond donors (Lipinski definition) is 2. The molecule has 1 amide bonds. The Balaban J connectivity index is 1.71. The van der Waals surface area contributed by atoms with E-state index < -0.39 is 16.1 Å². The maximum absolute atomic E-state index is 12.7. The highest BCUT2D eigenvalue weighted by molar-refractivity contribution is 7.90. The van der Waals surface area contributed by atoms with Crippen LogP contribution in [0.1, 0.15) is 51.5 Å². The van der Waals surface area contributed by atoms with Gasteiger partial charge in [0, 0.05) is 12.1 Å². The van der Waals surface area contributed by atoms with Crippen LogP contribution in [0.15, 0.2) is 45.8 Å². The Morgan fingerprint density at radius 1 is 1.26 bits per heavy atom. The van der Waals surface area contributed by atoms with E-state index in [-0.39, 0.29) is 22.6 Å². The van der Waals surface area contributed by atoms with Crippen molar-refractivity contribution in [1.82, 2.24) is 10.0 Å². The van der Waals surface area contributed by atoms with Crippen LogP contribution in [-0.4, -0.2) is 32.7 Å². The summed E-state index contributed by atoms with van der Waals surface area (Å²) in [6, 6.07) is 6.04. The second-order valence-electron chi connectivity index (χ2n) is 7.42. The van der Waals surface area contributed by atoms with Crippen LogP contribution in [-0.2, 0) is 14.8 Å². The van der Waals surface area contributed by atoms with E-state index in [0.29, 0.717) is 12.1 Å². The Labute approximate surface area is 161 Å². The zero-order valence-corrected chi connectivity index (χ0v) is 16.7. The van der Waals surface area contributed by atoms with Crippen molar-refractivity contribution in [2.24, 2.45) is 10.9 Å². The lowest BCUT2D eigenvalue weighted by molar-refractivity contribution is -0.123. The summed E-state index contributed by atoms with van der Waals surface area (Å²) in [6.07, 6.45) is 7.86. The predicted octanol–water partition coefficient (Wildman–Crippen LogP) is 2.76. The van der Waals surface area contributed by atoms with Crippen molar-refractivity contribution in [3.63, 3.8) is 0 Å². The largest absolute Gasteiger partial charge is 0.354 e. The molecule has 0 spiro atoms. The van der Waals surface area contributed by atoms with Crippen molar-refractivity contribution < 1.29 is 13.2 Å². The van der Waals surface area contributed by atoms with E-state index in [4.69, 9.17) is 0 Å². The van der Waals surface area contributed by atoms with Gasteiger partial charge in [-0.15, -0.1) is 0 Å². The Bertz CT molecular complexity index is 872. The smallest absolute Gasteiger partial charge is 0.263 e. The first-order chi connectivity index (χ1) is 12.9. The fourth-order valence-electron chi connectivity index (χ4n) is 3.46. The number of hydrogen-bond acceptors (Lipinski definition) is 4. The van der Waals surface area contributed by atoms with Crippen LogP contribution in [0.25, 0.3) is 0 Å². The molecule has 6 nitrogen and oxygen atoms in total. The molecule has 3 rings (SSSR count). The molecule has 1 unspecified atom stereocenters. The highest BCUT2D eigenvalue weighted by atomic mass is 32.2. The van der Waals surface area contributed by atoms with Crippen LogP contribution in [0.4, 0.5) is 0 Å². The molecule has 1 aliphatic carbocycles. The Morgan fingerprint density at radius 3 is 2.74 bits per heavy atom. The number of benzene rings is 1. The molecule has 1 aromatic carbocycles. The highest BCUT2D eigenvalue weighted by Crippen LogP contribution is 2.23. The van der Waals surface area contributed by atoms with E-state index in [2.05, 4.69) is 21.1 Å². The van der Waals surface area contributed by atoms with E-state index in [1.54, 1.807) is 24.3 Å². The fraction of sp³-hybridized carbons (Fsp3) is 0.500. The molecule has 1 aromatic rings. The summed E-state index contributed by atoms with van der Waals surface area (Å²) >= 11 is 0. The van der Waals surface area contributed by atoms with Gasteiger partial charge in [0.2, 0.25) is 5.91 Å². The van der Waals surface area contributed by atoms with Gasteiger partial charge in [-0.25, -0.2) is 8.42 Å². The quantitative estimate of drug-likeness (QED) is 0.734. The van der Waals surface area contributed by atoms with E-state index >= 15 is 0 Å². The van der Waals surface area contributed by atoms with Gasteiger partial charge < -0.3 is 5.32 Å². The van der Waals surface area contributed by atoms with Crippen molar-refractivity contribution in [2.45, 2.75) is 56.9 Å². The lowest BCUT2D eigenvalue weighted by atomic mass is 9.97. The van der Waals surface area contributed by atoms with Crippen LogP contribution < -0.4 is 10.0 Å². The highest BCUT2D eigenvalue weighted by Gasteiger charge is 2.32. The van der Waals surface area contributed by atoms with Gasteiger partial charge in [0.1, 0.15) is 11.9 Å². The van der Waals surface area contributed by atoms with Gasteiger partial charge in [-0.05, 0) is 50.2 Å². The molecule has 2 aliphatic rings. The molecule has 0 saturated heterocycles. The first-order valence-corrected chi connectivity index (χ1v) is 11.0. The number of nitrogens with zero attached hydrogens (tertiary/aromatic N) is 1. The average molecular weight is 390 g/mol. The molecule has 0 bridgehead atoms. The number of allylic oxidation sites excluding steroid dienone is 1. The molecule has 0 radical (unpaired) electrons. The fourth-order valence-corrected chi connectivity index (χ4v) is 4.70. The monoisotopic (exact) mass is 389 g/mol. The maximum Gasteiger partial charge on any atom is 0.263 e. The van der Waals surface area contributed by atoms with Gasteiger partial charge in [0.25, 0.3) is 10.0 Å². The third-order valence-corrected chi connectivity index (χ3v) is 6.36. The number of rotatable bonds is 6. The molecule has 2 N–H and O–H groups in total.